The molecule has 0 spiro atoms. The molecular weight excluding hydrogens is 1100 g/mol. The number of nitrogens with zero attached hydrogens (tertiary/aromatic N) is 2. The van der Waals surface area contributed by atoms with Crippen molar-refractivity contribution < 1.29 is 48.2 Å². The molecule has 0 bridgehead atoms. The summed E-state index contributed by atoms with van der Waals surface area (Å²) in [6.45, 7) is 41.1. The third-order valence-electron chi connectivity index (χ3n) is 12.1. The second-order valence-electron chi connectivity index (χ2n) is 20.6. The topological polar surface area (TPSA) is 265 Å². The van der Waals surface area contributed by atoms with E-state index in [1.807, 2.05) is 60.4 Å². The molecule has 20 heteroatoms. The summed E-state index contributed by atoms with van der Waals surface area (Å²) < 4.78 is 32.8. The number of amides is 2. The number of nitrogens with two attached hydrogens (primary N) is 1. The zero-order valence-electron chi connectivity index (χ0n) is 58.2. The van der Waals surface area contributed by atoms with Crippen molar-refractivity contribution in [1.82, 2.24) is 37.2 Å². The van der Waals surface area contributed by atoms with Gasteiger partial charge in [-0.2, -0.15) is 0 Å². The van der Waals surface area contributed by atoms with Crippen LogP contribution in [-0.4, -0.2) is 193 Å². The Kier molecular flexibility index (Phi) is 88.6. The quantitative estimate of drug-likeness (QED) is 0.0154. The first-order valence-electron chi connectivity index (χ1n) is 32.8. The molecule has 87 heavy (non-hydrogen) atoms. The summed E-state index contributed by atoms with van der Waals surface area (Å²) in [7, 11) is 5.88. The van der Waals surface area contributed by atoms with Gasteiger partial charge in [-0.05, 0) is 149 Å². The molecule has 0 aromatic carbocycles. The predicted molar refractivity (Wildman–Crippen MR) is 370 cm³/mol. The highest BCUT2D eigenvalue weighted by Gasteiger charge is 2.23. The van der Waals surface area contributed by atoms with Crippen LogP contribution in [0.5, 0.6) is 0 Å². The lowest BCUT2D eigenvalue weighted by Crippen LogP contribution is -2.41. The lowest BCUT2D eigenvalue weighted by Gasteiger charge is -2.30. The number of ether oxygens (including phenoxy) is 6. The molecule has 0 aliphatic carbocycles. The van der Waals surface area contributed by atoms with Gasteiger partial charge in [-0.15, -0.1) is 0 Å². The molecule has 516 valence electrons. The van der Waals surface area contributed by atoms with Gasteiger partial charge in [-0.1, -0.05) is 93.4 Å². The second kappa shape index (κ2) is 81.9. The maximum Gasteiger partial charge on any atom is 0.207 e. The molecule has 2 aliphatic rings. The number of carbonyl (C=O) groups excluding carboxylic acids is 2. The maximum atomic E-state index is 10.2. The number of hydrogen-bond acceptors (Lipinski definition) is 18. The predicted octanol–water partition coefficient (Wildman–Crippen LogP) is 9.83. The number of allylic oxidation sites excluding steroid dienone is 6. The van der Waals surface area contributed by atoms with E-state index in [-0.39, 0.29) is 5.54 Å². The highest BCUT2D eigenvalue weighted by molar-refractivity contribution is 5.79. The van der Waals surface area contributed by atoms with Gasteiger partial charge in [0, 0.05) is 126 Å². The number of likely N-dealkylation sites (N-methyl/N-ethyl adjacent to an activating group) is 1. The molecule has 2 amide bonds. The van der Waals surface area contributed by atoms with Crippen LogP contribution in [0.25, 0.3) is 0 Å². The van der Waals surface area contributed by atoms with Crippen molar-refractivity contribution in [2.24, 2.45) is 15.7 Å². The summed E-state index contributed by atoms with van der Waals surface area (Å²) in [5.74, 6) is 0. The van der Waals surface area contributed by atoms with E-state index in [0.717, 1.165) is 205 Å². The minimum absolute atomic E-state index is 0.127. The van der Waals surface area contributed by atoms with Crippen LogP contribution in [0.1, 0.15) is 191 Å². The van der Waals surface area contributed by atoms with Gasteiger partial charge in [0.15, 0.2) is 0 Å². The summed E-state index contributed by atoms with van der Waals surface area (Å²) >= 11 is 0. The van der Waals surface area contributed by atoms with Crippen LogP contribution >= 0.6 is 0 Å². The minimum atomic E-state index is -0.127. The van der Waals surface area contributed by atoms with Crippen LogP contribution in [0.15, 0.2) is 69.9 Å². The van der Waals surface area contributed by atoms with Crippen molar-refractivity contribution in [3.8, 4) is 0 Å². The van der Waals surface area contributed by atoms with E-state index in [2.05, 4.69) is 108 Å². The van der Waals surface area contributed by atoms with Crippen LogP contribution < -0.4 is 43.0 Å². The maximum absolute atomic E-state index is 10.2. The first-order chi connectivity index (χ1) is 42.3. The Hall–Kier alpha value is -4.06. The molecular formula is C67H138N10O10. The van der Waals surface area contributed by atoms with Crippen molar-refractivity contribution >= 4 is 25.2 Å². The van der Waals surface area contributed by atoms with E-state index < -0.39 is 0 Å². The number of carbonyl (C=O) groups is 2. The smallest absolute Gasteiger partial charge is 0.207 e. The van der Waals surface area contributed by atoms with Gasteiger partial charge in [0.05, 0.1) is 52.9 Å². The first-order valence-corrected chi connectivity index (χ1v) is 32.8. The van der Waals surface area contributed by atoms with E-state index >= 15 is 0 Å². The second-order valence-corrected chi connectivity index (χ2v) is 20.6. The summed E-state index contributed by atoms with van der Waals surface area (Å²) in [6.07, 6.45) is 31.6. The SMILES string of the molecule is C=C(C)NCCCC(N)(CCCNC)CCCNC=O.C=C(C=N/C=C(\C)NC1CCCOC1)CCCOCCOCCNC=O.CC.CCC.CCC/C=C(/C=N/C=C(\C)NC1CCCOC1)CCCOCCOCCNC.CCCC.CO.CO. The fourth-order valence-electron chi connectivity index (χ4n) is 7.66. The lowest BCUT2D eigenvalue weighted by molar-refractivity contribution is -0.110. The fraction of sp³-hybridized carbons (Fsp3) is 0.791. The molecule has 11 N–H and O–H groups in total. The highest BCUT2D eigenvalue weighted by atomic mass is 16.5. The standard InChI is InChI=1S/C22H41N3O3.C19H33N3O4.C15H32N4O.C4H10.C3H8.C2H6.2CH4O/c1-4-5-8-21(9-6-12-26-15-16-27-14-11-23-3)18-24-17-20(2)25-22-10-7-13-28-19-22;1-17(5-3-8-24-11-12-25-10-7-20-16-23)13-21-14-18(2)22-19-6-4-9-26-15-19;1-14(2)19-12-6-9-15(16,7-4-10-17-3)8-5-11-18-13-20;1-3-4-2;1-3-2;3*1-2/h8,17-18,22-23,25H,4-7,9-16,19H2,1-3H3;13-14,16,19,22H,1,3-12,15H2,2H3,(H,20,23);13,17,19H,1,4-12,16H2,2-3H3,(H,18,20);3-4H2,1-2H3;3H2,1-2H3;1-2H3;2*2H,1H3/b20-17+,21-8+,24-18+;18-14+,21-13?;;;;;;. The zero-order valence-corrected chi connectivity index (χ0v) is 58.2. The Balaban J connectivity index is -0.000000259. The number of aliphatic imine (C=N–C) groups is 2. The molecule has 2 fully saturated rings. The van der Waals surface area contributed by atoms with Crippen molar-refractivity contribution in [3.63, 3.8) is 0 Å². The molecule has 2 heterocycles. The summed E-state index contributed by atoms with van der Waals surface area (Å²) in [6, 6.07) is 0.801. The Morgan fingerprint density at radius 1 is 0.598 bits per heavy atom. The molecule has 0 saturated carbocycles. The van der Waals surface area contributed by atoms with E-state index in [9.17, 15) is 9.59 Å². The third-order valence-corrected chi connectivity index (χ3v) is 12.1. The zero-order chi connectivity index (χ0) is 66.6. The molecule has 2 aliphatic heterocycles. The van der Waals surface area contributed by atoms with Gasteiger partial charge < -0.3 is 81.6 Å². The highest BCUT2D eigenvalue weighted by Crippen LogP contribution is 2.22. The Labute approximate surface area is 533 Å². The lowest BCUT2D eigenvalue weighted by atomic mass is 9.85. The summed E-state index contributed by atoms with van der Waals surface area (Å²) in [4.78, 5) is 29.1. The minimum Gasteiger partial charge on any atom is -0.400 e. The molecule has 3 atom stereocenters. The third kappa shape index (κ3) is 79.9. The van der Waals surface area contributed by atoms with Crippen molar-refractivity contribution in [2.75, 3.05) is 140 Å². The average Bonchev–Trinajstić information content (AvgIpc) is 3.56. The van der Waals surface area contributed by atoms with Crippen molar-refractivity contribution in [2.45, 2.75) is 209 Å². The van der Waals surface area contributed by atoms with Gasteiger partial charge in [-0.25, -0.2) is 0 Å². The van der Waals surface area contributed by atoms with Crippen LogP contribution in [-0.2, 0) is 38.0 Å². The van der Waals surface area contributed by atoms with Crippen LogP contribution in [0.2, 0.25) is 0 Å². The Morgan fingerprint density at radius 3 is 1.47 bits per heavy atom. The monoisotopic (exact) mass is 1240 g/mol. The van der Waals surface area contributed by atoms with Gasteiger partial charge in [0.2, 0.25) is 12.8 Å². The summed E-state index contributed by atoms with van der Waals surface area (Å²) in [5, 5.41) is 35.6. The Morgan fingerprint density at radius 2 is 1.03 bits per heavy atom. The molecule has 0 aromatic heterocycles. The molecule has 0 radical (unpaired) electrons. The number of rotatable bonds is 46. The Bertz CT molecular complexity index is 1580. The average molecular weight is 1240 g/mol. The van der Waals surface area contributed by atoms with Crippen molar-refractivity contribution in [3.05, 3.63) is 59.9 Å². The van der Waals surface area contributed by atoms with Gasteiger partial charge in [0.25, 0.3) is 0 Å². The number of nitrogens with one attached hydrogen (secondary N) is 7. The normalized spacial score (nSPS) is 15.3. The summed E-state index contributed by atoms with van der Waals surface area (Å²) in [5.41, 5.74) is 11.8. The van der Waals surface area contributed by atoms with E-state index in [1.54, 1.807) is 6.21 Å². The van der Waals surface area contributed by atoms with E-state index in [1.165, 1.54) is 24.8 Å². The number of aliphatic hydroxyl groups is 2. The molecule has 20 nitrogen and oxygen atoms in total. The van der Waals surface area contributed by atoms with Crippen LogP contribution in [0, 0.1) is 0 Å². The fourth-order valence-corrected chi connectivity index (χ4v) is 7.66. The number of aliphatic hydroxyl groups excluding tert-OH is 2. The van der Waals surface area contributed by atoms with Crippen LogP contribution in [0.3, 0.4) is 0 Å². The molecule has 3 unspecified atom stereocenters. The molecule has 2 rings (SSSR count). The first kappa shape index (κ1) is 94.1. The van der Waals surface area contributed by atoms with Crippen LogP contribution in [0.4, 0.5) is 0 Å². The van der Waals surface area contributed by atoms with E-state index in [4.69, 9.17) is 44.4 Å². The molecule has 0 aromatic rings. The van der Waals surface area contributed by atoms with Crippen molar-refractivity contribution in [1.29, 1.82) is 0 Å². The number of hydrogen-bond donors (Lipinski definition) is 10. The van der Waals surface area contributed by atoms with Gasteiger partial charge >= 0.3 is 0 Å². The van der Waals surface area contributed by atoms with Gasteiger partial charge in [-0.3, -0.25) is 19.6 Å². The largest absolute Gasteiger partial charge is 0.400 e. The number of unbranched alkanes of at least 4 members (excludes halogenated alkanes) is 2. The van der Waals surface area contributed by atoms with Gasteiger partial charge in [0.1, 0.15) is 0 Å². The molecule has 2 saturated heterocycles. The van der Waals surface area contributed by atoms with E-state index in [0.29, 0.717) is 71.2 Å².